The third-order valence-corrected chi connectivity index (χ3v) is 7.89. The first-order valence-electron chi connectivity index (χ1n) is 11.2. The number of hydrogen-bond donors (Lipinski definition) is 1. The van der Waals surface area contributed by atoms with E-state index in [-0.39, 0.29) is 23.6 Å². The van der Waals surface area contributed by atoms with Crippen molar-refractivity contribution in [3.63, 3.8) is 0 Å². The molecule has 36 heavy (non-hydrogen) atoms. The van der Waals surface area contributed by atoms with Crippen molar-refractivity contribution in [1.29, 1.82) is 0 Å². The van der Waals surface area contributed by atoms with Gasteiger partial charge in [0.15, 0.2) is 0 Å². The number of fused-ring (bicyclic) bond motifs is 1. The third kappa shape index (κ3) is 5.13. The average Bonchev–Trinajstić information content (AvgIpc) is 2.83. The van der Waals surface area contributed by atoms with Crippen molar-refractivity contribution in [3.05, 3.63) is 95.2 Å². The Balaban J connectivity index is 1.73. The Morgan fingerprint density at radius 1 is 0.972 bits per heavy atom. The van der Waals surface area contributed by atoms with Crippen LogP contribution in [0.5, 0.6) is 0 Å². The first-order valence-corrected chi connectivity index (χ1v) is 12.7. The highest BCUT2D eigenvalue weighted by Gasteiger charge is 2.33. The zero-order chi connectivity index (χ0) is 26.1. The van der Waals surface area contributed by atoms with E-state index in [2.05, 4.69) is 4.98 Å². The van der Waals surface area contributed by atoms with Gasteiger partial charge in [-0.05, 0) is 59.4 Å². The number of aromatic nitrogens is 1. The summed E-state index contributed by atoms with van der Waals surface area (Å²) in [6.45, 7) is 1.52. The summed E-state index contributed by atoms with van der Waals surface area (Å²) in [5, 5.41) is 9.51. The molecule has 1 aromatic heterocycles. The summed E-state index contributed by atoms with van der Waals surface area (Å²) in [5.41, 5.74) is 2.95. The lowest BCUT2D eigenvalue weighted by molar-refractivity contribution is -0.136. The number of rotatable bonds is 7. The van der Waals surface area contributed by atoms with Gasteiger partial charge in [-0.15, -0.1) is 0 Å². The van der Waals surface area contributed by atoms with Gasteiger partial charge in [-0.3, -0.25) is 4.98 Å². The predicted octanol–water partition coefficient (Wildman–Crippen LogP) is 5.43. The number of benzene rings is 3. The van der Waals surface area contributed by atoms with Crippen LogP contribution in [0.2, 0.25) is 0 Å². The van der Waals surface area contributed by atoms with Crippen LogP contribution >= 0.6 is 0 Å². The summed E-state index contributed by atoms with van der Waals surface area (Å²) in [5.74, 6) is 0. The molecule has 1 N–H and O–H groups in total. The van der Waals surface area contributed by atoms with Crippen LogP contribution in [0.25, 0.3) is 22.0 Å². The summed E-state index contributed by atoms with van der Waals surface area (Å²) < 4.78 is 67.3. The number of alkyl halides is 3. The molecule has 0 saturated heterocycles. The molecule has 0 unspecified atom stereocenters. The molecule has 188 valence electrons. The molecule has 0 radical (unpaired) electrons. The number of nitrogens with zero attached hydrogens (tertiary/aromatic N) is 2. The van der Waals surface area contributed by atoms with Crippen LogP contribution in [-0.2, 0) is 22.6 Å². The molecule has 0 atom stereocenters. The number of halogens is 3. The standard InChI is InChI=1S/C27H25F3N2O3S/c1-18-17-31-26-23(10-5-11-24(26)27(28,29)30)25(18)21-8-3-6-19(15-21)14-20-7-4-9-22(16-20)36(34,35)32(2)12-13-33/h3-11,15-17,33H,12-14H2,1-2H3. The van der Waals surface area contributed by atoms with Gasteiger partial charge in [-0.25, -0.2) is 8.42 Å². The Morgan fingerprint density at radius 2 is 1.64 bits per heavy atom. The minimum atomic E-state index is -4.52. The van der Waals surface area contributed by atoms with Crippen molar-refractivity contribution in [1.82, 2.24) is 9.29 Å². The highest BCUT2D eigenvalue weighted by atomic mass is 32.2. The van der Waals surface area contributed by atoms with Gasteiger partial charge in [0.05, 0.1) is 22.6 Å². The molecular weight excluding hydrogens is 489 g/mol. The Kier molecular flexibility index (Phi) is 7.17. The van der Waals surface area contributed by atoms with Crippen LogP contribution in [0.4, 0.5) is 13.2 Å². The summed E-state index contributed by atoms with van der Waals surface area (Å²) in [6, 6.07) is 18.1. The lowest BCUT2D eigenvalue weighted by atomic mass is 9.93. The third-order valence-electron chi connectivity index (χ3n) is 6.04. The SMILES string of the molecule is Cc1cnc2c(C(F)(F)F)cccc2c1-c1cccc(Cc2cccc(S(=O)(=O)N(C)CCO)c2)c1. The maximum absolute atomic E-state index is 13.6. The van der Waals surface area contributed by atoms with Crippen molar-refractivity contribution >= 4 is 20.9 Å². The number of sulfonamides is 1. The Morgan fingerprint density at radius 3 is 2.33 bits per heavy atom. The summed E-state index contributed by atoms with van der Waals surface area (Å²) in [6.07, 6.45) is -2.63. The molecule has 0 spiro atoms. The normalized spacial score (nSPS) is 12.4. The van der Waals surface area contributed by atoms with E-state index in [9.17, 15) is 21.6 Å². The van der Waals surface area contributed by atoms with Crippen LogP contribution in [0, 0.1) is 6.92 Å². The van der Waals surface area contributed by atoms with Gasteiger partial charge in [-0.1, -0.05) is 48.5 Å². The monoisotopic (exact) mass is 514 g/mol. The molecule has 0 bridgehead atoms. The molecular formula is C27H25F3N2O3S. The average molecular weight is 515 g/mol. The molecule has 5 nitrogen and oxygen atoms in total. The number of aliphatic hydroxyl groups excluding tert-OH is 1. The number of pyridine rings is 1. The van der Waals surface area contributed by atoms with Crippen LogP contribution in [0.1, 0.15) is 22.3 Å². The highest BCUT2D eigenvalue weighted by Crippen LogP contribution is 2.38. The van der Waals surface area contributed by atoms with Crippen molar-refractivity contribution in [2.45, 2.75) is 24.4 Å². The molecule has 0 amide bonds. The van der Waals surface area contributed by atoms with Gasteiger partial charge in [0.1, 0.15) is 0 Å². The van der Waals surface area contributed by atoms with Gasteiger partial charge in [0, 0.05) is 25.2 Å². The van der Waals surface area contributed by atoms with Gasteiger partial charge >= 0.3 is 6.18 Å². The fourth-order valence-corrected chi connectivity index (χ4v) is 5.50. The van der Waals surface area contributed by atoms with Crippen molar-refractivity contribution in [2.24, 2.45) is 0 Å². The van der Waals surface area contributed by atoms with E-state index >= 15 is 0 Å². The number of aryl methyl sites for hydroxylation is 1. The Hall–Kier alpha value is -3.27. The van der Waals surface area contributed by atoms with Crippen molar-refractivity contribution in [3.8, 4) is 11.1 Å². The van der Waals surface area contributed by atoms with Gasteiger partial charge < -0.3 is 5.11 Å². The topological polar surface area (TPSA) is 70.5 Å². The molecule has 3 aromatic carbocycles. The van der Waals surface area contributed by atoms with E-state index in [1.807, 2.05) is 37.3 Å². The van der Waals surface area contributed by atoms with E-state index < -0.39 is 21.8 Å². The maximum atomic E-state index is 13.6. The second kappa shape index (κ2) is 10.0. The van der Waals surface area contributed by atoms with Crippen LogP contribution in [0.15, 0.2) is 77.8 Å². The van der Waals surface area contributed by atoms with Crippen molar-refractivity contribution in [2.75, 3.05) is 20.2 Å². The summed E-state index contributed by atoms with van der Waals surface area (Å²) in [7, 11) is -2.33. The fraction of sp³-hybridized carbons (Fsp3) is 0.222. The lowest BCUT2D eigenvalue weighted by Gasteiger charge is -2.17. The second-order valence-electron chi connectivity index (χ2n) is 8.59. The molecule has 4 rings (SSSR count). The predicted molar refractivity (Wildman–Crippen MR) is 133 cm³/mol. The zero-order valence-corrected chi connectivity index (χ0v) is 20.6. The minimum absolute atomic E-state index is 0.0100. The number of aliphatic hydroxyl groups is 1. The molecule has 0 saturated carbocycles. The minimum Gasteiger partial charge on any atom is -0.395 e. The largest absolute Gasteiger partial charge is 0.418 e. The van der Waals surface area contributed by atoms with Crippen LogP contribution in [-0.4, -0.2) is 43.0 Å². The molecule has 0 aliphatic heterocycles. The van der Waals surface area contributed by atoms with Gasteiger partial charge in [-0.2, -0.15) is 17.5 Å². The number of likely N-dealkylation sites (N-methyl/N-ethyl adjacent to an activating group) is 1. The molecule has 0 aliphatic carbocycles. The lowest BCUT2D eigenvalue weighted by Crippen LogP contribution is -2.29. The second-order valence-corrected chi connectivity index (χ2v) is 10.6. The smallest absolute Gasteiger partial charge is 0.395 e. The Bertz CT molecular complexity index is 1520. The van der Waals surface area contributed by atoms with E-state index in [1.54, 1.807) is 18.2 Å². The van der Waals surface area contributed by atoms with E-state index in [0.717, 1.165) is 32.6 Å². The molecule has 1 heterocycles. The maximum Gasteiger partial charge on any atom is 0.418 e. The highest BCUT2D eigenvalue weighted by molar-refractivity contribution is 7.89. The van der Waals surface area contributed by atoms with Gasteiger partial charge in [0.2, 0.25) is 10.0 Å². The van der Waals surface area contributed by atoms with Crippen LogP contribution < -0.4 is 0 Å². The number of para-hydroxylation sites is 1. The Labute approximate surface area is 207 Å². The van der Waals surface area contributed by atoms with E-state index in [0.29, 0.717) is 17.4 Å². The summed E-state index contributed by atoms with van der Waals surface area (Å²) in [4.78, 5) is 4.21. The van der Waals surface area contributed by atoms with Gasteiger partial charge in [0.25, 0.3) is 0 Å². The van der Waals surface area contributed by atoms with E-state index in [4.69, 9.17) is 5.11 Å². The van der Waals surface area contributed by atoms with Crippen LogP contribution in [0.3, 0.4) is 0 Å². The first kappa shape index (κ1) is 25.8. The van der Waals surface area contributed by atoms with E-state index in [1.165, 1.54) is 25.4 Å². The fourth-order valence-electron chi connectivity index (χ4n) is 4.26. The number of hydrogen-bond acceptors (Lipinski definition) is 4. The molecule has 0 aliphatic rings. The molecule has 0 fully saturated rings. The summed E-state index contributed by atoms with van der Waals surface area (Å²) >= 11 is 0. The first-order chi connectivity index (χ1) is 17.0. The molecule has 4 aromatic rings. The van der Waals surface area contributed by atoms with Crippen molar-refractivity contribution < 1.29 is 26.7 Å². The zero-order valence-electron chi connectivity index (χ0n) is 19.7. The quantitative estimate of drug-likeness (QED) is 0.357. The molecule has 9 heteroatoms.